The number of benzene rings is 1. The molecule has 0 heterocycles. The zero-order chi connectivity index (χ0) is 14.7. The number of hydrogen-bond donors (Lipinski definition) is 2. The van der Waals surface area contributed by atoms with Crippen LogP contribution in [0.25, 0.3) is 0 Å². The van der Waals surface area contributed by atoms with Crippen molar-refractivity contribution >= 4 is 17.3 Å². The molecule has 1 saturated carbocycles. The van der Waals surface area contributed by atoms with E-state index in [0.717, 1.165) is 6.54 Å². The predicted molar refractivity (Wildman–Crippen MR) is 75.5 cm³/mol. The Hall–Kier alpha value is -2.15. The first-order valence-electron chi connectivity index (χ1n) is 6.51. The largest absolute Gasteiger partial charge is 0.393 e. The van der Waals surface area contributed by atoms with Gasteiger partial charge < -0.3 is 16.0 Å². The summed E-state index contributed by atoms with van der Waals surface area (Å²) >= 11 is 0. The second-order valence-electron chi connectivity index (χ2n) is 5.00. The first kappa shape index (κ1) is 14.3. The fraction of sp³-hybridized carbons (Fsp3) is 0.462. The van der Waals surface area contributed by atoms with Gasteiger partial charge in [0.15, 0.2) is 0 Å². The molecule has 1 aliphatic carbocycles. The van der Waals surface area contributed by atoms with E-state index < -0.39 is 4.92 Å². The van der Waals surface area contributed by atoms with Gasteiger partial charge in [-0.3, -0.25) is 14.9 Å². The molecule has 0 aliphatic heterocycles. The standard InChI is InChI=1S/C13H18N4O3/c1-16(10-3-4-10)7-6-15-13(18)9-2-5-12(17(19)20)11(14)8-9/h2,5,8,10H,3-4,6-7,14H2,1H3,(H,15,18). The molecule has 1 amide bonds. The molecule has 1 aromatic rings. The van der Waals surface area contributed by atoms with Crippen LogP contribution in [-0.4, -0.2) is 41.9 Å². The monoisotopic (exact) mass is 278 g/mol. The minimum Gasteiger partial charge on any atom is -0.393 e. The molecule has 1 aromatic carbocycles. The molecule has 0 saturated heterocycles. The molecule has 0 bridgehead atoms. The highest BCUT2D eigenvalue weighted by atomic mass is 16.6. The van der Waals surface area contributed by atoms with Gasteiger partial charge in [0.05, 0.1) is 4.92 Å². The highest BCUT2D eigenvalue weighted by Crippen LogP contribution is 2.24. The van der Waals surface area contributed by atoms with Gasteiger partial charge in [0.1, 0.15) is 5.69 Å². The Morgan fingerprint density at radius 1 is 1.55 bits per heavy atom. The van der Waals surface area contributed by atoms with E-state index in [2.05, 4.69) is 10.2 Å². The van der Waals surface area contributed by atoms with Crippen molar-refractivity contribution in [1.29, 1.82) is 0 Å². The second kappa shape index (κ2) is 5.87. The smallest absolute Gasteiger partial charge is 0.292 e. The molecule has 0 atom stereocenters. The van der Waals surface area contributed by atoms with E-state index in [9.17, 15) is 14.9 Å². The van der Waals surface area contributed by atoms with Crippen LogP contribution in [0.2, 0.25) is 0 Å². The van der Waals surface area contributed by atoms with Crippen molar-refractivity contribution in [2.45, 2.75) is 18.9 Å². The second-order valence-corrected chi connectivity index (χ2v) is 5.00. The average molecular weight is 278 g/mol. The van der Waals surface area contributed by atoms with Crippen molar-refractivity contribution in [3.05, 3.63) is 33.9 Å². The summed E-state index contributed by atoms with van der Waals surface area (Å²) in [7, 11) is 2.04. The van der Waals surface area contributed by atoms with Crippen LogP contribution in [0.1, 0.15) is 23.2 Å². The van der Waals surface area contributed by atoms with Gasteiger partial charge in [0.25, 0.3) is 11.6 Å². The molecule has 0 radical (unpaired) electrons. The number of carbonyl (C=O) groups excluding carboxylic acids is 1. The zero-order valence-corrected chi connectivity index (χ0v) is 11.3. The third-order valence-electron chi connectivity index (χ3n) is 3.41. The van der Waals surface area contributed by atoms with Crippen LogP contribution in [0.15, 0.2) is 18.2 Å². The summed E-state index contributed by atoms with van der Waals surface area (Å²) < 4.78 is 0. The fourth-order valence-corrected chi connectivity index (χ4v) is 2.01. The highest BCUT2D eigenvalue weighted by molar-refractivity contribution is 5.95. The van der Waals surface area contributed by atoms with E-state index in [0.29, 0.717) is 18.2 Å². The molecule has 3 N–H and O–H groups in total. The number of nitrogens with two attached hydrogens (primary N) is 1. The van der Waals surface area contributed by atoms with Crippen molar-refractivity contribution in [2.24, 2.45) is 0 Å². The molecular weight excluding hydrogens is 260 g/mol. The summed E-state index contributed by atoms with van der Waals surface area (Å²) in [6.07, 6.45) is 2.45. The average Bonchev–Trinajstić information content (AvgIpc) is 3.22. The number of amides is 1. The summed E-state index contributed by atoms with van der Waals surface area (Å²) in [6, 6.07) is 4.65. The number of nitro groups is 1. The van der Waals surface area contributed by atoms with E-state index in [1.165, 1.54) is 31.0 Å². The fourth-order valence-electron chi connectivity index (χ4n) is 2.01. The molecule has 7 nitrogen and oxygen atoms in total. The number of nitrogen functional groups attached to an aromatic ring is 1. The van der Waals surface area contributed by atoms with Gasteiger partial charge in [-0.05, 0) is 32.0 Å². The van der Waals surface area contributed by atoms with Crippen molar-refractivity contribution in [1.82, 2.24) is 10.2 Å². The number of carbonyl (C=O) groups is 1. The predicted octanol–water partition coefficient (Wildman–Crippen LogP) is 1.00. The van der Waals surface area contributed by atoms with Crippen molar-refractivity contribution in [3.8, 4) is 0 Å². The van der Waals surface area contributed by atoms with E-state index >= 15 is 0 Å². The van der Waals surface area contributed by atoms with E-state index in [-0.39, 0.29) is 17.3 Å². The third-order valence-corrected chi connectivity index (χ3v) is 3.41. The Kier molecular flexibility index (Phi) is 4.19. The summed E-state index contributed by atoms with van der Waals surface area (Å²) in [5.41, 5.74) is 5.70. The molecule has 20 heavy (non-hydrogen) atoms. The lowest BCUT2D eigenvalue weighted by molar-refractivity contribution is -0.383. The van der Waals surface area contributed by atoms with Gasteiger partial charge >= 0.3 is 0 Å². The number of nitrogens with one attached hydrogen (secondary N) is 1. The van der Waals surface area contributed by atoms with Gasteiger partial charge in [0, 0.05) is 30.8 Å². The maximum Gasteiger partial charge on any atom is 0.292 e. The molecule has 0 spiro atoms. The van der Waals surface area contributed by atoms with Crippen LogP contribution in [0, 0.1) is 10.1 Å². The van der Waals surface area contributed by atoms with Gasteiger partial charge in [-0.25, -0.2) is 0 Å². The number of hydrogen-bond acceptors (Lipinski definition) is 5. The lowest BCUT2D eigenvalue weighted by Crippen LogP contribution is -2.34. The maximum atomic E-state index is 11.9. The summed E-state index contributed by atoms with van der Waals surface area (Å²) in [4.78, 5) is 24.2. The van der Waals surface area contributed by atoms with Crippen molar-refractivity contribution in [2.75, 3.05) is 25.9 Å². The maximum absolute atomic E-state index is 11.9. The Morgan fingerprint density at radius 2 is 2.25 bits per heavy atom. The molecule has 1 fully saturated rings. The van der Waals surface area contributed by atoms with Crippen molar-refractivity contribution in [3.63, 3.8) is 0 Å². The van der Waals surface area contributed by atoms with Gasteiger partial charge in [-0.1, -0.05) is 0 Å². The van der Waals surface area contributed by atoms with E-state index in [1.807, 2.05) is 7.05 Å². The van der Waals surface area contributed by atoms with Crippen LogP contribution in [-0.2, 0) is 0 Å². The summed E-state index contributed by atoms with van der Waals surface area (Å²) in [6.45, 7) is 1.33. The van der Waals surface area contributed by atoms with Crippen LogP contribution in [0.3, 0.4) is 0 Å². The number of likely N-dealkylation sites (N-methyl/N-ethyl adjacent to an activating group) is 1. The number of rotatable bonds is 6. The molecule has 0 unspecified atom stereocenters. The SMILES string of the molecule is CN(CCNC(=O)c1ccc([N+](=O)[O-])c(N)c1)C1CC1. The first-order valence-corrected chi connectivity index (χ1v) is 6.51. The minimum absolute atomic E-state index is 0.00208. The summed E-state index contributed by atoms with van der Waals surface area (Å²) in [5, 5.41) is 13.4. The van der Waals surface area contributed by atoms with Crippen molar-refractivity contribution < 1.29 is 9.72 Å². The number of nitrogens with zero attached hydrogens (tertiary/aromatic N) is 2. The van der Waals surface area contributed by atoms with E-state index in [1.54, 1.807) is 0 Å². The van der Waals surface area contributed by atoms with Crippen LogP contribution in [0.5, 0.6) is 0 Å². The number of anilines is 1. The van der Waals surface area contributed by atoms with Gasteiger partial charge in [0.2, 0.25) is 0 Å². The van der Waals surface area contributed by atoms with Gasteiger partial charge in [-0.15, -0.1) is 0 Å². The molecule has 1 aliphatic rings. The third kappa shape index (κ3) is 3.45. The van der Waals surface area contributed by atoms with Crippen LogP contribution >= 0.6 is 0 Å². The Balaban J connectivity index is 1.88. The van der Waals surface area contributed by atoms with Gasteiger partial charge in [-0.2, -0.15) is 0 Å². The van der Waals surface area contributed by atoms with Crippen LogP contribution in [0.4, 0.5) is 11.4 Å². The molecule has 7 heteroatoms. The zero-order valence-electron chi connectivity index (χ0n) is 11.3. The Morgan fingerprint density at radius 3 is 2.80 bits per heavy atom. The lowest BCUT2D eigenvalue weighted by atomic mass is 10.1. The summed E-state index contributed by atoms with van der Waals surface area (Å²) in [5.74, 6) is -0.268. The molecule has 2 rings (SSSR count). The molecule has 0 aromatic heterocycles. The molecule has 108 valence electrons. The molecular formula is C13H18N4O3. The normalized spacial score (nSPS) is 14.3. The van der Waals surface area contributed by atoms with Crippen LogP contribution < -0.4 is 11.1 Å². The topological polar surface area (TPSA) is 102 Å². The Bertz CT molecular complexity index is 528. The quantitative estimate of drug-likeness (QED) is 0.459. The lowest BCUT2D eigenvalue weighted by Gasteiger charge is -2.15. The minimum atomic E-state index is -0.568. The van der Waals surface area contributed by atoms with E-state index in [4.69, 9.17) is 5.73 Å². The highest BCUT2D eigenvalue weighted by Gasteiger charge is 2.25. The first-order chi connectivity index (χ1) is 9.49. The Labute approximate surface area is 116 Å². The number of nitro benzene ring substituents is 1.